The van der Waals surface area contributed by atoms with E-state index in [1.54, 1.807) is 36.4 Å². The van der Waals surface area contributed by atoms with Crippen LogP contribution in [-0.4, -0.2) is 26.2 Å². The van der Waals surface area contributed by atoms with Gasteiger partial charge in [0.15, 0.2) is 0 Å². The van der Waals surface area contributed by atoms with Crippen LogP contribution in [0.15, 0.2) is 89.4 Å². The number of anilines is 1. The zero-order chi connectivity index (χ0) is 24.4. The quantitative estimate of drug-likeness (QED) is 0.560. The van der Waals surface area contributed by atoms with Gasteiger partial charge in [-0.3, -0.25) is 4.90 Å². The van der Waals surface area contributed by atoms with Crippen LogP contribution in [0.1, 0.15) is 11.5 Å². The number of fused-ring (bicyclic) bond motifs is 1. The third-order valence-electron chi connectivity index (χ3n) is 5.69. The normalized spacial score (nSPS) is 15.8. The van der Waals surface area contributed by atoms with Crippen LogP contribution in [0.2, 0.25) is 5.02 Å². The van der Waals surface area contributed by atoms with Crippen LogP contribution in [0.25, 0.3) is 10.8 Å². The molecular formula is C26H20ClN3O4. The molecule has 0 radical (unpaired) electrons. The van der Waals surface area contributed by atoms with Crippen molar-refractivity contribution in [1.82, 2.24) is 0 Å². The van der Waals surface area contributed by atoms with E-state index in [1.807, 2.05) is 30.3 Å². The molecule has 0 saturated heterocycles. The van der Waals surface area contributed by atoms with Gasteiger partial charge >= 0.3 is 11.9 Å². The Kier molecular flexibility index (Phi) is 6.26. The summed E-state index contributed by atoms with van der Waals surface area (Å²) in [4.78, 5) is 27.7. The summed E-state index contributed by atoms with van der Waals surface area (Å²) in [6.07, 6.45) is 0. The molecule has 34 heavy (non-hydrogen) atoms. The summed E-state index contributed by atoms with van der Waals surface area (Å²) < 4.78 is 10.1. The van der Waals surface area contributed by atoms with E-state index in [4.69, 9.17) is 26.8 Å². The molecule has 1 aliphatic rings. The number of esters is 2. The molecule has 0 aliphatic carbocycles. The van der Waals surface area contributed by atoms with Crippen molar-refractivity contribution in [2.24, 2.45) is 5.73 Å². The van der Waals surface area contributed by atoms with Gasteiger partial charge in [-0.25, -0.2) is 9.59 Å². The first kappa shape index (κ1) is 22.9. The predicted molar refractivity (Wildman–Crippen MR) is 129 cm³/mol. The molecule has 8 heteroatoms. The number of nitrogens with zero attached hydrogens (tertiary/aromatic N) is 2. The number of benzene rings is 3. The van der Waals surface area contributed by atoms with Crippen LogP contribution in [0.3, 0.4) is 0 Å². The summed E-state index contributed by atoms with van der Waals surface area (Å²) in [6, 6.07) is 21.7. The number of allylic oxidation sites excluding steroid dienone is 1. The van der Waals surface area contributed by atoms with Crippen molar-refractivity contribution in [3.8, 4) is 6.07 Å². The first-order valence-corrected chi connectivity index (χ1v) is 10.6. The van der Waals surface area contributed by atoms with Gasteiger partial charge in [0.05, 0.1) is 43.0 Å². The maximum absolute atomic E-state index is 13.2. The third-order valence-corrected chi connectivity index (χ3v) is 5.94. The first-order valence-electron chi connectivity index (χ1n) is 10.3. The number of halogens is 1. The van der Waals surface area contributed by atoms with Gasteiger partial charge in [-0.15, -0.1) is 0 Å². The fourth-order valence-corrected chi connectivity index (χ4v) is 4.30. The number of nitriles is 1. The number of methoxy groups -OCH3 is 2. The van der Waals surface area contributed by atoms with E-state index < -0.39 is 17.9 Å². The van der Waals surface area contributed by atoms with E-state index in [9.17, 15) is 14.9 Å². The standard InChI is InChI=1S/C26H20ClN3O4/c1-33-25(31)22-21(16-10-12-17(27)13-11-16)19(14-28)24(29)30(23(22)26(32)34-2)20-9-5-7-15-6-3-4-8-18(15)20/h3-13,21H,29H2,1-2H3. The zero-order valence-corrected chi connectivity index (χ0v) is 19.2. The van der Waals surface area contributed by atoms with Crippen molar-refractivity contribution >= 4 is 40.0 Å². The fourth-order valence-electron chi connectivity index (χ4n) is 4.18. The van der Waals surface area contributed by atoms with Crippen LogP contribution in [0.5, 0.6) is 0 Å². The summed E-state index contributed by atoms with van der Waals surface area (Å²) >= 11 is 6.05. The van der Waals surface area contributed by atoms with Gasteiger partial charge in [-0.05, 0) is 29.1 Å². The molecule has 1 heterocycles. The summed E-state index contributed by atoms with van der Waals surface area (Å²) in [6.45, 7) is 0. The lowest BCUT2D eigenvalue weighted by molar-refractivity contribution is -0.139. The van der Waals surface area contributed by atoms with Gasteiger partial charge in [0.1, 0.15) is 11.5 Å². The fraction of sp³-hybridized carbons (Fsp3) is 0.115. The Bertz CT molecular complexity index is 1400. The van der Waals surface area contributed by atoms with E-state index in [1.165, 1.54) is 19.1 Å². The largest absolute Gasteiger partial charge is 0.466 e. The topological polar surface area (TPSA) is 106 Å². The highest BCUT2D eigenvalue weighted by Gasteiger charge is 2.43. The number of carbonyl (C=O) groups is 2. The molecule has 0 amide bonds. The van der Waals surface area contributed by atoms with Crippen molar-refractivity contribution in [2.45, 2.75) is 5.92 Å². The second kappa shape index (κ2) is 9.30. The van der Waals surface area contributed by atoms with Crippen molar-refractivity contribution in [1.29, 1.82) is 5.26 Å². The van der Waals surface area contributed by atoms with E-state index >= 15 is 0 Å². The Hall–Kier alpha value is -4.28. The van der Waals surface area contributed by atoms with Gasteiger partial charge < -0.3 is 15.2 Å². The van der Waals surface area contributed by atoms with E-state index in [-0.39, 0.29) is 22.7 Å². The second-order valence-electron chi connectivity index (χ2n) is 7.47. The van der Waals surface area contributed by atoms with Gasteiger partial charge in [-0.1, -0.05) is 60.1 Å². The molecule has 0 saturated carbocycles. The van der Waals surface area contributed by atoms with E-state index in [0.29, 0.717) is 16.3 Å². The van der Waals surface area contributed by atoms with Gasteiger partial charge in [-0.2, -0.15) is 5.26 Å². The minimum Gasteiger partial charge on any atom is -0.466 e. The molecule has 0 bridgehead atoms. The van der Waals surface area contributed by atoms with Crippen LogP contribution in [0.4, 0.5) is 5.69 Å². The molecule has 0 spiro atoms. The number of nitrogens with two attached hydrogens (primary N) is 1. The summed E-state index contributed by atoms with van der Waals surface area (Å²) in [7, 11) is 2.42. The number of hydrogen-bond acceptors (Lipinski definition) is 7. The van der Waals surface area contributed by atoms with Crippen molar-refractivity contribution in [3.05, 3.63) is 100.0 Å². The lowest BCUT2D eigenvalue weighted by atomic mass is 9.80. The Morgan fingerprint density at radius 1 is 0.971 bits per heavy atom. The van der Waals surface area contributed by atoms with E-state index in [2.05, 4.69) is 6.07 Å². The lowest BCUT2D eigenvalue weighted by Gasteiger charge is -2.36. The minimum atomic E-state index is -0.963. The van der Waals surface area contributed by atoms with Crippen LogP contribution in [0, 0.1) is 11.3 Å². The Morgan fingerprint density at radius 2 is 1.62 bits per heavy atom. The van der Waals surface area contributed by atoms with Crippen LogP contribution in [-0.2, 0) is 19.1 Å². The molecule has 0 fully saturated rings. The summed E-state index contributed by atoms with van der Waals surface area (Å²) in [5.41, 5.74) is 7.53. The average molecular weight is 474 g/mol. The number of rotatable bonds is 4. The summed E-state index contributed by atoms with van der Waals surface area (Å²) in [5.74, 6) is -2.54. The van der Waals surface area contributed by atoms with Crippen LogP contribution >= 0.6 is 11.6 Å². The van der Waals surface area contributed by atoms with Gasteiger partial charge in [0, 0.05) is 10.4 Å². The molecule has 3 aromatic rings. The molecule has 4 rings (SSSR count). The van der Waals surface area contributed by atoms with Gasteiger partial charge in [0.2, 0.25) is 0 Å². The van der Waals surface area contributed by atoms with Crippen molar-refractivity contribution in [3.63, 3.8) is 0 Å². The number of ether oxygens (including phenoxy) is 2. The van der Waals surface area contributed by atoms with Crippen molar-refractivity contribution in [2.75, 3.05) is 19.1 Å². The molecule has 2 N–H and O–H groups in total. The zero-order valence-electron chi connectivity index (χ0n) is 18.4. The summed E-state index contributed by atoms with van der Waals surface area (Å²) in [5, 5.41) is 12.3. The highest BCUT2D eigenvalue weighted by atomic mass is 35.5. The maximum atomic E-state index is 13.2. The Balaban J connectivity index is 2.11. The average Bonchev–Trinajstić information content (AvgIpc) is 2.87. The Morgan fingerprint density at radius 3 is 2.26 bits per heavy atom. The predicted octanol–water partition coefficient (Wildman–Crippen LogP) is 4.39. The monoisotopic (exact) mass is 473 g/mol. The third kappa shape index (κ3) is 3.74. The SMILES string of the molecule is COC(=O)C1=C(C(=O)OC)N(c2cccc3ccccc23)C(N)=C(C#N)C1c1ccc(Cl)cc1. The highest BCUT2D eigenvalue weighted by Crippen LogP contribution is 2.44. The van der Waals surface area contributed by atoms with Crippen LogP contribution < -0.4 is 10.6 Å². The molecule has 7 nitrogen and oxygen atoms in total. The Labute approximate surface area is 201 Å². The lowest BCUT2D eigenvalue weighted by Crippen LogP contribution is -2.40. The highest BCUT2D eigenvalue weighted by molar-refractivity contribution is 6.30. The first-order chi connectivity index (χ1) is 16.4. The second-order valence-corrected chi connectivity index (χ2v) is 7.91. The molecule has 1 atom stereocenters. The number of carbonyl (C=O) groups excluding carboxylic acids is 2. The molecule has 3 aromatic carbocycles. The molecule has 170 valence electrons. The maximum Gasteiger partial charge on any atom is 0.355 e. The molecule has 1 unspecified atom stereocenters. The smallest absolute Gasteiger partial charge is 0.355 e. The molecular weight excluding hydrogens is 454 g/mol. The minimum absolute atomic E-state index is 0.00635. The van der Waals surface area contributed by atoms with Crippen molar-refractivity contribution < 1.29 is 19.1 Å². The number of hydrogen-bond donors (Lipinski definition) is 1. The molecule has 0 aromatic heterocycles. The molecule has 1 aliphatic heterocycles. The van der Waals surface area contributed by atoms with E-state index in [0.717, 1.165) is 10.8 Å². The van der Waals surface area contributed by atoms with Gasteiger partial charge in [0.25, 0.3) is 0 Å².